The standard InChI is InChI=1S/C35H36FN7O/c1-20(2)31(37)35(44)43-16-4-6-30(43)34-40-27-14-12-23-17-21(8-13-25(23)32(27)42-34)7-9-22-10-11-24(18-26(22)36)29-19-39-33(41-29)28-5-3-15-38-28/h8,10-14,17-20,28,30-31,38H,3-6,15-16,37H2,1-2H3,(H,39,41)(H,40,42)/t28-,30-,31-/m0/s1. The number of carbonyl (C=O) groups is 1. The molecule has 4 heterocycles. The molecule has 5 aromatic rings. The van der Waals surface area contributed by atoms with Crippen molar-refractivity contribution < 1.29 is 9.18 Å². The van der Waals surface area contributed by atoms with Crippen LogP contribution in [0.25, 0.3) is 33.1 Å². The van der Waals surface area contributed by atoms with Gasteiger partial charge in [-0.25, -0.2) is 14.4 Å². The lowest BCUT2D eigenvalue weighted by atomic mass is 10.0. The maximum atomic E-state index is 15.1. The number of H-pyrrole nitrogens is 2. The van der Waals surface area contributed by atoms with E-state index >= 15 is 4.39 Å². The molecule has 8 nitrogen and oxygen atoms in total. The molecule has 0 saturated carbocycles. The van der Waals surface area contributed by atoms with E-state index in [0.717, 1.165) is 82.5 Å². The third kappa shape index (κ3) is 5.25. The molecule has 224 valence electrons. The van der Waals surface area contributed by atoms with Crippen LogP contribution in [0.5, 0.6) is 0 Å². The summed E-state index contributed by atoms with van der Waals surface area (Å²) >= 11 is 0. The largest absolute Gasteiger partial charge is 0.341 e. The average molecular weight is 590 g/mol. The van der Waals surface area contributed by atoms with Gasteiger partial charge in [-0.05, 0) is 73.9 Å². The van der Waals surface area contributed by atoms with E-state index in [2.05, 4.69) is 32.1 Å². The summed E-state index contributed by atoms with van der Waals surface area (Å²) in [5.41, 5.74) is 10.6. The highest BCUT2D eigenvalue weighted by Gasteiger charge is 2.35. The zero-order chi connectivity index (χ0) is 30.4. The fourth-order valence-corrected chi connectivity index (χ4v) is 6.35. The van der Waals surface area contributed by atoms with E-state index in [1.165, 1.54) is 6.07 Å². The lowest BCUT2D eigenvalue weighted by Gasteiger charge is -2.27. The fraction of sp³-hybridized carbons (Fsp3) is 0.343. The Bertz CT molecular complexity index is 1920. The van der Waals surface area contributed by atoms with E-state index in [1.807, 2.05) is 55.1 Å². The van der Waals surface area contributed by atoms with Gasteiger partial charge in [-0.3, -0.25) is 4.79 Å². The van der Waals surface area contributed by atoms with Gasteiger partial charge in [0.2, 0.25) is 5.91 Å². The second-order valence-electron chi connectivity index (χ2n) is 12.3. The van der Waals surface area contributed by atoms with Crippen LogP contribution < -0.4 is 11.1 Å². The third-order valence-corrected chi connectivity index (χ3v) is 8.95. The first kappa shape index (κ1) is 28.3. The van der Waals surface area contributed by atoms with Crippen molar-refractivity contribution in [2.45, 2.75) is 57.7 Å². The van der Waals surface area contributed by atoms with Crippen LogP contribution in [-0.2, 0) is 4.79 Å². The zero-order valence-electron chi connectivity index (χ0n) is 25.0. The molecule has 3 atom stereocenters. The van der Waals surface area contributed by atoms with Gasteiger partial charge in [0.1, 0.15) is 17.5 Å². The Labute approximate surface area is 255 Å². The van der Waals surface area contributed by atoms with E-state index in [-0.39, 0.29) is 29.7 Å². The van der Waals surface area contributed by atoms with Gasteiger partial charge in [-0.1, -0.05) is 43.9 Å². The van der Waals surface area contributed by atoms with Gasteiger partial charge in [0.25, 0.3) is 0 Å². The van der Waals surface area contributed by atoms with Crippen molar-refractivity contribution in [1.29, 1.82) is 0 Å². The Hall–Kier alpha value is -4.52. The second-order valence-corrected chi connectivity index (χ2v) is 12.3. The number of nitrogens with zero attached hydrogens (tertiary/aromatic N) is 3. The molecule has 9 heteroatoms. The second kappa shape index (κ2) is 11.5. The number of halogens is 1. The molecular formula is C35H36FN7O. The molecule has 1 amide bonds. The van der Waals surface area contributed by atoms with Crippen molar-refractivity contribution in [3.8, 4) is 23.1 Å². The zero-order valence-corrected chi connectivity index (χ0v) is 25.0. The van der Waals surface area contributed by atoms with Gasteiger partial charge in [0.15, 0.2) is 0 Å². The van der Waals surface area contributed by atoms with Crippen molar-refractivity contribution >= 4 is 27.7 Å². The van der Waals surface area contributed by atoms with Crippen LogP contribution in [0.15, 0.2) is 54.7 Å². The highest BCUT2D eigenvalue weighted by molar-refractivity contribution is 6.04. The average Bonchev–Trinajstić information content (AvgIpc) is 3.85. The van der Waals surface area contributed by atoms with Gasteiger partial charge < -0.3 is 25.9 Å². The number of rotatable bonds is 5. The quantitative estimate of drug-likeness (QED) is 0.196. The maximum absolute atomic E-state index is 15.1. The molecule has 0 radical (unpaired) electrons. The van der Waals surface area contributed by atoms with Crippen LogP contribution in [0, 0.1) is 23.6 Å². The van der Waals surface area contributed by atoms with Crippen LogP contribution in [0.4, 0.5) is 4.39 Å². The molecule has 2 aliphatic rings. The predicted octanol–water partition coefficient (Wildman–Crippen LogP) is 5.72. The number of aromatic nitrogens is 4. The number of hydrogen-bond donors (Lipinski definition) is 4. The first-order valence-corrected chi connectivity index (χ1v) is 15.4. The molecule has 0 bridgehead atoms. The number of nitrogens with two attached hydrogens (primary N) is 1. The summed E-state index contributed by atoms with van der Waals surface area (Å²) in [7, 11) is 0. The minimum absolute atomic E-state index is 0.0191. The molecule has 0 spiro atoms. The van der Waals surface area contributed by atoms with Crippen LogP contribution in [0.1, 0.15) is 74.4 Å². The Morgan fingerprint density at radius 3 is 2.73 bits per heavy atom. The molecular weight excluding hydrogens is 553 g/mol. The minimum Gasteiger partial charge on any atom is -0.341 e. The molecule has 0 unspecified atom stereocenters. The summed E-state index contributed by atoms with van der Waals surface area (Å²) in [5, 5.41) is 5.41. The normalized spacial score (nSPS) is 19.2. The molecule has 7 rings (SSSR count). The molecule has 0 aliphatic carbocycles. The van der Waals surface area contributed by atoms with Crippen LogP contribution in [-0.4, -0.2) is 49.9 Å². The minimum atomic E-state index is -0.518. The Morgan fingerprint density at radius 2 is 1.93 bits per heavy atom. The number of benzene rings is 3. The highest BCUT2D eigenvalue weighted by atomic mass is 19.1. The number of aromatic amines is 2. The highest BCUT2D eigenvalue weighted by Crippen LogP contribution is 2.34. The monoisotopic (exact) mass is 589 g/mol. The van der Waals surface area contributed by atoms with Crippen LogP contribution in [0.3, 0.4) is 0 Å². The summed E-state index contributed by atoms with van der Waals surface area (Å²) in [5.74, 6) is 7.50. The maximum Gasteiger partial charge on any atom is 0.240 e. The third-order valence-electron chi connectivity index (χ3n) is 8.95. The topological polar surface area (TPSA) is 116 Å². The van der Waals surface area contributed by atoms with Gasteiger partial charge >= 0.3 is 0 Å². The lowest BCUT2D eigenvalue weighted by molar-refractivity contribution is -0.134. The number of nitrogens with one attached hydrogen (secondary N) is 3. The first-order valence-electron chi connectivity index (χ1n) is 15.4. The molecule has 2 aliphatic heterocycles. The molecule has 2 aromatic heterocycles. The number of fused-ring (bicyclic) bond motifs is 3. The van der Waals surface area contributed by atoms with Gasteiger partial charge in [-0.15, -0.1) is 0 Å². The smallest absolute Gasteiger partial charge is 0.240 e. The Kier molecular flexibility index (Phi) is 7.40. The fourth-order valence-electron chi connectivity index (χ4n) is 6.35. The lowest BCUT2D eigenvalue weighted by Crippen LogP contribution is -2.46. The van der Waals surface area contributed by atoms with E-state index in [0.29, 0.717) is 12.1 Å². The SMILES string of the molecule is CC(C)[C@H](N)C(=O)N1CCC[C@H]1c1nc2c(ccc3cc(C#Cc4ccc(-c5cnc([C@@H]6CCCN6)[nH]5)cc4F)ccc32)[nH]1. The van der Waals surface area contributed by atoms with Gasteiger partial charge in [-0.2, -0.15) is 0 Å². The molecule has 44 heavy (non-hydrogen) atoms. The molecule has 2 saturated heterocycles. The Balaban J connectivity index is 1.12. The van der Waals surface area contributed by atoms with Crippen LogP contribution in [0.2, 0.25) is 0 Å². The van der Waals surface area contributed by atoms with Crippen molar-refractivity contribution in [1.82, 2.24) is 30.2 Å². The molecule has 3 aromatic carbocycles. The number of hydrogen-bond acceptors (Lipinski definition) is 5. The van der Waals surface area contributed by atoms with E-state index in [1.54, 1.807) is 12.3 Å². The van der Waals surface area contributed by atoms with Gasteiger partial charge in [0.05, 0.1) is 46.6 Å². The first-order chi connectivity index (χ1) is 21.4. The summed E-state index contributed by atoms with van der Waals surface area (Å²) in [4.78, 5) is 31.2. The predicted molar refractivity (Wildman–Crippen MR) is 170 cm³/mol. The number of imidazole rings is 2. The number of amides is 1. The van der Waals surface area contributed by atoms with Crippen molar-refractivity contribution in [2.75, 3.05) is 13.1 Å². The van der Waals surface area contributed by atoms with E-state index in [4.69, 9.17) is 10.7 Å². The summed E-state index contributed by atoms with van der Waals surface area (Å²) < 4.78 is 15.1. The Morgan fingerprint density at radius 1 is 1.05 bits per heavy atom. The van der Waals surface area contributed by atoms with Gasteiger partial charge in [0, 0.05) is 23.1 Å². The van der Waals surface area contributed by atoms with Crippen molar-refractivity contribution in [3.63, 3.8) is 0 Å². The molecule has 5 N–H and O–H groups in total. The van der Waals surface area contributed by atoms with Crippen molar-refractivity contribution in [2.24, 2.45) is 11.7 Å². The molecule has 2 fully saturated rings. The van der Waals surface area contributed by atoms with Crippen molar-refractivity contribution in [3.05, 3.63) is 83.3 Å². The van der Waals surface area contributed by atoms with E-state index in [9.17, 15) is 4.79 Å². The summed E-state index contributed by atoms with van der Waals surface area (Å²) in [6, 6.07) is 14.7. The van der Waals surface area contributed by atoms with Crippen LogP contribution >= 0.6 is 0 Å². The number of likely N-dealkylation sites (tertiary alicyclic amines) is 1. The van der Waals surface area contributed by atoms with E-state index < -0.39 is 6.04 Å². The summed E-state index contributed by atoms with van der Waals surface area (Å²) in [6.07, 6.45) is 5.72. The number of carbonyl (C=O) groups excluding carboxylic acids is 1. The summed E-state index contributed by atoms with van der Waals surface area (Å²) in [6.45, 7) is 5.62.